The van der Waals surface area contributed by atoms with Gasteiger partial charge in [0.2, 0.25) is 0 Å². The number of hydrogen-bond acceptors (Lipinski definition) is 2. The normalized spacial score (nSPS) is 14.3. The fraction of sp³-hybridized carbons (Fsp3) is 0.0690. The third-order valence-corrected chi connectivity index (χ3v) is 6.12. The van der Waals surface area contributed by atoms with E-state index >= 15 is 0 Å². The molecule has 154 valence electrons. The first kappa shape index (κ1) is 18.6. The zero-order valence-electron chi connectivity index (χ0n) is 17.9. The Hall–Kier alpha value is -4.11. The molecular formula is C29H23N3. The van der Waals surface area contributed by atoms with Crippen LogP contribution in [0.4, 0.5) is 5.69 Å². The molecule has 0 radical (unpaired) electrons. The van der Waals surface area contributed by atoms with Gasteiger partial charge in [-0.1, -0.05) is 103 Å². The summed E-state index contributed by atoms with van der Waals surface area (Å²) >= 11 is 0. The highest BCUT2D eigenvalue weighted by Crippen LogP contribution is 2.45. The van der Waals surface area contributed by atoms with Crippen LogP contribution in [0, 0.1) is 6.92 Å². The summed E-state index contributed by atoms with van der Waals surface area (Å²) in [5.74, 6) is 0.989. The third-order valence-electron chi connectivity index (χ3n) is 6.12. The summed E-state index contributed by atoms with van der Waals surface area (Å²) in [4.78, 5) is 5.25. The summed E-state index contributed by atoms with van der Waals surface area (Å²) in [5.41, 5.74) is 9.09. The third kappa shape index (κ3) is 3.02. The van der Waals surface area contributed by atoms with E-state index in [1.54, 1.807) is 0 Å². The van der Waals surface area contributed by atoms with Crippen LogP contribution >= 0.6 is 0 Å². The van der Waals surface area contributed by atoms with Gasteiger partial charge < -0.3 is 5.32 Å². The van der Waals surface area contributed by atoms with Gasteiger partial charge in [-0.05, 0) is 24.6 Å². The molecule has 1 aliphatic rings. The van der Waals surface area contributed by atoms with E-state index in [2.05, 4.69) is 120 Å². The van der Waals surface area contributed by atoms with Crippen molar-refractivity contribution in [1.82, 2.24) is 9.55 Å². The van der Waals surface area contributed by atoms with E-state index in [0.717, 1.165) is 39.6 Å². The van der Waals surface area contributed by atoms with Crippen molar-refractivity contribution in [2.24, 2.45) is 0 Å². The Morgan fingerprint density at radius 3 is 2.03 bits per heavy atom. The van der Waals surface area contributed by atoms with Gasteiger partial charge in [0.1, 0.15) is 12.0 Å². The number of nitrogens with zero attached hydrogens (tertiary/aromatic N) is 2. The van der Waals surface area contributed by atoms with Crippen LogP contribution in [-0.4, -0.2) is 9.55 Å². The molecule has 4 aromatic carbocycles. The lowest BCUT2D eigenvalue weighted by molar-refractivity contribution is 0.656. The van der Waals surface area contributed by atoms with Crippen molar-refractivity contribution in [2.75, 3.05) is 5.32 Å². The maximum Gasteiger partial charge on any atom is 0.145 e. The first-order valence-electron chi connectivity index (χ1n) is 11.0. The van der Waals surface area contributed by atoms with E-state index in [4.69, 9.17) is 4.98 Å². The molecular weight excluding hydrogens is 390 g/mol. The highest BCUT2D eigenvalue weighted by atomic mass is 15.3. The molecule has 3 heteroatoms. The first-order valence-corrected chi connectivity index (χ1v) is 11.0. The first-order chi connectivity index (χ1) is 15.8. The van der Waals surface area contributed by atoms with Gasteiger partial charge >= 0.3 is 0 Å². The largest absolute Gasteiger partial charge is 0.361 e. The molecule has 0 fully saturated rings. The van der Waals surface area contributed by atoms with Gasteiger partial charge in [-0.2, -0.15) is 0 Å². The fourth-order valence-corrected chi connectivity index (χ4v) is 4.54. The Morgan fingerprint density at radius 2 is 1.31 bits per heavy atom. The SMILES string of the molecule is Cc1ccc(C2Nc3ccccc3-c3nc(-c4ccccc4)c(-c4ccccc4)n32)cc1. The second-order valence-corrected chi connectivity index (χ2v) is 8.24. The van der Waals surface area contributed by atoms with Gasteiger partial charge in [-0.15, -0.1) is 0 Å². The van der Waals surface area contributed by atoms with Gasteiger partial charge in [0.05, 0.1) is 11.4 Å². The molecule has 5 aromatic rings. The molecule has 2 heterocycles. The van der Waals surface area contributed by atoms with E-state index in [0.29, 0.717) is 0 Å². The van der Waals surface area contributed by atoms with Gasteiger partial charge in [0.15, 0.2) is 0 Å². The number of aryl methyl sites for hydroxylation is 1. The summed E-state index contributed by atoms with van der Waals surface area (Å²) in [6.07, 6.45) is -0.0549. The molecule has 1 atom stereocenters. The number of imidazole rings is 1. The second kappa shape index (κ2) is 7.54. The summed E-state index contributed by atoms with van der Waals surface area (Å²) in [6.45, 7) is 2.12. The topological polar surface area (TPSA) is 29.9 Å². The lowest BCUT2D eigenvalue weighted by Gasteiger charge is -2.31. The lowest BCUT2D eigenvalue weighted by atomic mass is 10.0. The van der Waals surface area contributed by atoms with Crippen LogP contribution in [0.5, 0.6) is 0 Å². The number of para-hydroxylation sites is 1. The molecule has 1 aliphatic heterocycles. The Balaban J connectivity index is 1.69. The predicted molar refractivity (Wildman–Crippen MR) is 131 cm³/mol. The molecule has 0 spiro atoms. The fourth-order valence-electron chi connectivity index (χ4n) is 4.54. The molecule has 0 saturated heterocycles. The van der Waals surface area contributed by atoms with Crippen molar-refractivity contribution in [2.45, 2.75) is 13.1 Å². The smallest absolute Gasteiger partial charge is 0.145 e. The lowest BCUT2D eigenvalue weighted by Crippen LogP contribution is -2.25. The zero-order chi connectivity index (χ0) is 21.5. The summed E-state index contributed by atoms with van der Waals surface area (Å²) < 4.78 is 2.37. The standard InChI is InChI=1S/C29H23N3/c1-20-16-18-23(19-17-20)28-30-25-15-9-8-14-24(25)29-31-26(21-10-4-2-5-11-21)27(32(28)29)22-12-6-3-7-13-22/h2-19,28,30H,1H3. The Labute approximate surface area is 188 Å². The maximum absolute atomic E-state index is 5.25. The molecule has 1 N–H and O–H groups in total. The van der Waals surface area contributed by atoms with Crippen molar-refractivity contribution in [3.8, 4) is 33.9 Å². The molecule has 0 amide bonds. The van der Waals surface area contributed by atoms with Crippen LogP contribution in [0.25, 0.3) is 33.9 Å². The van der Waals surface area contributed by atoms with Gasteiger partial charge in [-0.25, -0.2) is 4.98 Å². The molecule has 0 aliphatic carbocycles. The van der Waals surface area contributed by atoms with Gasteiger partial charge in [-0.3, -0.25) is 4.57 Å². The number of rotatable bonds is 3. The number of hydrogen-bond donors (Lipinski definition) is 1. The van der Waals surface area contributed by atoms with E-state index in [1.807, 2.05) is 6.07 Å². The monoisotopic (exact) mass is 413 g/mol. The van der Waals surface area contributed by atoms with Gasteiger partial charge in [0, 0.05) is 22.4 Å². The van der Waals surface area contributed by atoms with E-state index in [1.165, 1.54) is 11.1 Å². The minimum absolute atomic E-state index is 0.0549. The van der Waals surface area contributed by atoms with Crippen LogP contribution in [-0.2, 0) is 0 Å². The molecule has 6 rings (SSSR count). The molecule has 1 unspecified atom stereocenters. The Morgan fingerprint density at radius 1 is 0.688 bits per heavy atom. The Kier molecular flexibility index (Phi) is 4.39. The number of aromatic nitrogens is 2. The van der Waals surface area contributed by atoms with Crippen molar-refractivity contribution < 1.29 is 0 Å². The molecule has 32 heavy (non-hydrogen) atoms. The molecule has 1 aromatic heterocycles. The van der Waals surface area contributed by atoms with Gasteiger partial charge in [0.25, 0.3) is 0 Å². The summed E-state index contributed by atoms with van der Waals surface area (Å²) in [7, 11) is 0. The van der Waals surface area contributed by atoms with Crippen LogP contribution < -0.4 is 5.32 Å². The predicted octanol–water partition coefficient (Wildman–Crippen LogP) is 7.16. The van der Waals surface area contributed by atoms with E-state index in [-0.39, 0.29) is 6.17 Å². The van der Waals surface area contributed by atoms with Crippen LogP contribution in [0.3, 0.4) is 0 Å². The minimum Gasteiger partial charge on any atom is -0.361 e. The highest BCUT2D eigenvalue weighted by molar-refractivity contribution is 5.86. The zero-order valence-corrected chi connectivity index (χ0v) is 17.9. The number of benzene rings is 4. The second-order valence-electron chi connectivity index (χ2n) is 8.24. The Bertz CT molecular complexity index is 1380. The average molecular weight is 414 g/mol. The molecule has 3 nitrogen and oxygen atoms in total. The quantitative estimate of drug-likeness (QED) is 0.340. The summed E-state index contributed by atoms with van der Waals surface area (Å²) in [5, 5.41) is 3.79. The maximum atomic E-state index is 5.25. The van der Waals surface area contributed by atoms with Crippen molar-refractivity contribution in [3.05, 3.63) is 120 Å². The number of fused-ring (bicyclic) bond motifs is 3. The van der Waals surface area contributed by atoms with Crippen LogP contribution in [0.2, 0.25) is 0 Å². The van der Waals surface area contributed by atoms with Crippen molar-refractivity contribution in [3.63, 3.8) is 0 Å². The molecule has 0 bridgehead atoms. The van der Waals surface area contributed by atoms with Crippen LogP contribution in [0.1, 0.15) is 17.3 Å². The highest BCUT2D eigenvalue weighted by Gasteiger charge is 2.31. The number of anilines is 1. The van der Waals surface area contributed by atoms with E-state index < -0.39 is 0 Å². The number of nitrogens with one attached hydrogen (secondary N) is 1. The average Bonchev–Trinajstić information content (AvgIpc) is 3.26. The molecule has 0 saturated carbocycles. The van der Waals surface area contributed by atoms with E-state index in [9.17, 15) is 0 Å². The van der Waals surface area contributed by atoms with Crippen LogP contribution in [0.15, 0.2) is 109 Å². The summed E-state index contributed by atoms with van der Waals surface area (Å²) in [6, 6.07) is 38.3. The van der Waals surface area contributed by atoms with Crippen molar-refractivity contribution >= 4 is 5.69 Å². The van der Waals surface area contributed by atoms with Crippen molar-refractivity contribution in [1.29, 1.82) is 0 Å². The minimum atomic E-state index is -0.0549.